The predicted octanol–water partition coefficient (Wildman–Crippen LogP) is 3.15. The van der Waals surface area contributed by atoms with Crippen LogP contribution in [0.3, 0.4) is 0 Å². The highest BCUT2D eigenvalue weighted by Gasteiger charge is 2.24. The summed E-state index contributed by atoms with van der Waals surface area (Å²) in [4.78, 5) is 30.9. The molecular formula is C21H20N4O3. The van der Waals surface area contributed by atoms with E-state index in [0.717, 1.165) is 24.1 Å². The topological polar surface area (TPSA) is 88.3 Å². The Morgan fingerprint density at radius 3 is 2.75 bits per heavy atom. The first-order chi connectivity index (χ1) is 13.6. The Kier molecular flexibility index (Phi) is 4.89. The van der Waals surface area contributed by atoms with E-state index in [1.165, 1.54) is 0 Å². The van der Waals surface area contributed by atoms with Crippen LogP contribution in [0.1, 0.15) is 34.1 Å². The van der Waals surface area contributed by atoms with Crippen LogP contribution in [0.2, 0.25) is 0 Å². The quantitative estimate of drug-likeness (QED) is 0.756. The molecular weight excluding hydrogens is 356 g/mol. The smallest absolute Gasteiger partial charge is 0.258 e. The minimum atomic E-state index is -0.214. The van der Waals surface area contributed by atoms with Crippen molar-refractivity contribution in [2.75, 3.05) is 16.8 Å². The Morgan fingerprint density at radius 2 is 2.00 bits per heavy atom. The number of rotatable bonds is 4. The number of hydrogen-bond acceptors (Lipinski definition) is 5. The van der Waals surface area contributed by atoms with Crippen molar-refractivity contribution in [1.29, 1.82) is 0 Å². The van der Waals surface area contributed by atoms with Crippen LogP contribution < -0.4 is 10.2 Å². The van der Waals surface area contributed by atoms with Gasteiger partial charge in [0.05, 0.1) is 6.42 Å². The molecule has 1 aromatic heterocycles. The normalized spacial score (nSPS) is 13.1. The Bertz CT molecular complexity index is 1010. The van der Waals surface area contributed by atoms with Crippen molar-refractivity contribution in [1.82, 2.24) is 10.1 Å². The van der Waals surface area contributed by atoms with Crippen LogP contribution in [0.15, 0.2) is 53.1 Å². The van der Waals surface area contributed by atoms with Gasteiger partial charge in [0.15, 0.2) is 5.82 Å². The monoisotopic (exact) mass is 376 g/mol. The summed E-state index contributed by atoms with van der Waals surface area (Å²) in [6.07, 6.45) is 1.79. The van der Waals surface area contributed by atoms with Gasteiger partial charge in [0.2, 0.25) is 11.8 Å². The highest BCUT2D eigenvalue weighted by Crippen LogP contribution is 2.31. The van der Waals surface area contributed by atoms with E-state index in [9.17, 15) is 9.59 Å². The number of carbonyl (C=O) groups is 2. The van der Waals surface area contributed by atoms with Crippen molar-refractivity contribution in [3.05, 3.63) is 71.4 Å². The molecule has 0 saturated carbocycles. The molecule has 7 heteroatoms. The molecule has 0 spiro atoms. The number of hydrogen-bond donors (Lipinski definition) is 1. The van der Waals surface area contributed by atoms with Gasteiger partial charge in [-0.3, -0.25) is 9.59 Å². The summed E-state index contributed by atoms with van der Waals surface area (Å²) < 4.78 is 4.88. The summed E-state index contributed by atoms with van der Waals surface area (Å²) >= 11 is 0. The summed E-state index contributed by atoms with van der Waals surface area (Å²) in [6.45, 7) is 2.37. The average molecular weight is 376 g/mol. The van der Waals surface area contributed by atoms with E-state index in [1.807, 2.05) is 53.4 Å². The third-order valence-electron chi connectivity index (χ3n) is 4.64. The summed E-state index contributed by atoms with van der Waals surface area (Å²) in [6, 6.07) is 14.9. The lowest BCUT2D eigenvalue weighted by Gasteiger charge is -2.30. The lowest BCUT2D eigenvalue weighted by atomic mass is 10.00. The van der Waals surface area contributed by atoms with Gasteiger partial charge in [-0.1, -0.05) is 23.4 Å². The van der Waals surface area contributed by atoms with E-state index in [4.69, 9.17) is 4.52 Å². The SMILES string of the molecule is Cc1nc(CC(=O)Nc2ccc3c(c2)CCCN3C(=O)c2ccccc2)no1. The van der Waals surface area contributed by atoms with Crippen molar-refractivity contribution >= 4 is 23.2 Å². The zero-order valence-corrected chi connectivity index (χ0v) is 15.5. The van der Waals surface area contributed by atoms with E-state index in [-0.39, 0.29) is 18.2 Å². The standard InChI is InChI=1S/C21H20N4O3/c1-14-22-19(24-28-14)13-20(26)23-17-9-10-18-16(12-17)8-5-11-25(18)21(27)15-6-3-2-4-7-15/h2-4,6-7,9-10,12H,5,8,11,13H2,1H3,(H,23,26). The van der Waals surface area contributed by atoms with Crippen LogP contribution >= 0.6 is 0 Å². The second kappa shape index (κ2) is 7.64. The molecule has 0 atom stereocenters. The summed E-state index contributed by atoms with van der Waals surface area (Å²) in [5, 5.41) is 6.60. The number of nitrogens with one attached hydrogen (secondary N) is 1. The van der Waals surface area contributed by atoms with Gasteiger partial charge in [-0.15, -0.1) is 0 Å². The first-order valence-electron chi connectivity index (χ1n) is 9.19. The molecule has 1 aliphatic heterocycles. The molecule has 0 aliphatic carbocycles. The van der Waals surface area contributed by atoms with Gasteiger partial charge in [0, 0.05) is 30.4 Å². The molecule has 0 saturated heterocycles. The minimum absolute atomic E-state index is 0.00851. The second-order valence-electron chi connectivity index (χ2n) is 6.72. The van der Waals surface area contributed by atoms with E-state index in [1.54, 1.807) is 6.92 Å². The molecule has 2 amide bonds. The molecule has 0 fully saturated rings. The Morgan fingerprint density at radius 1 is 1.18 bits per heavy atom. The van der Waals surface area contributed by atoms with Crippen molar-refractivity contribution in [3.8, 4) is 0 Å². The molecule has 0 unspecified atom stereocenters. The maximum Gasteiger partial charge on any atom is 0.258 e. The number of fused-ring (bicyclic) bond motifs is 1. The third-order valence-corrected chi connectivity index (χ3v) is 4.64. The molecule has 7 nitrogen and oxygen atoms in total. The van der Waals surface area contributed by atoms with Crippen LogP contribution in [0.5, 0.6) is 0 Å². The summed E-state index contributed by atoms with van der Waals surface area (Å²) in [5.41, 5.74) is 3.30. The van der Waals surface area contributed by atoms with Crippen LogP contribution in [0.25, 0.3) is 0 Å². The molecule has 3 aromatic rings. The van der Waals surface area contributed by atoms with E-state index < -0.39 is 0 Å². The van der Waals surface area contributed by atoms with E-state index in [0.29, 0.717) is 29.5 Å². The van der Waals surface area contributed by atoms with Crippen molar-refractivity contribution < 1.29 is 14.1 Å². The molecule has 2 heterocycles. The highest BCUT2D eigenvalue weighted by molar-refractivity contribution is 6.07. The maximum absolute atomic E-state index is 12.9. The number of aromatic nitrogens is 2. The Balaban J connectivity index is 1.50. The molecule has 2 aromatic carbocycles. The molecule has 142 valence electrons. The summed E-state index contributed by atoms with van der Waals surface area (Å²) in [5.74, 6) is 0.562. The molecule has 1 N–H and O–H groups in total. The zero-order valence-electron chi connectivity index (χ0n) is 15.5. The van der Waals surface area contributed by atoms with Gasteiger partial charge in [0.1, 0.15) is 0 Å². The van der Waals surface area contributed by atoms with Crippen molar-refractivity contribution in [2.45, 2.75) is 26.2 Å². The fourth-order valence-corrected chi connectivity index (χ4v) is 3.38. The van der Waals surface area contributed by atoms with Gasteiger partial charge in [0.25, 0.3) is 5.91 Å². The number of nitrogens with zero attached hydrogens (tertiary/aromatic N) is 3. The van der Waals surface area contributed by atoms with Crippen molar-refractivity contribution in [3.63, 3.8) is 0 Å². The van der Waals surface area contributed by atoms with Crippen LogP contribution in [0, 0.1) is 6.92 Å². The number of aryl methyl sites for hydroxylation is 2. The van der Waals surface area contributed by atoms with Gasteiger partial charge in [-0.2, -0.15) is 4.98 Å². The number of carbonyl (C=O) groups excluding carboxylic acids is 2. The largest absolute Gasteiger partial charge is 0.340 e. The molecule has 4 rings (SSSR count). The van der Waals surface area contributed by atoms with Crippen LogP contribution in [-0.2, 0) is 17.6 Å². The van der Waals surface area contributed by atoms with Crippen LogP contribution in [0.4, 0.5) is 11.4 Å². The fraction of sp³-hybridized carbons (Fsp3) is 0.238. The number of anilines is 2. The van der Waals surface area contributed by atoms with Gasteiger partial charge in [-0.05, 0) is 48.7 Å². The Labute approximate surface area is 162 Å². The summed E-state index contributed by atoms with van der Waals surface area (Å²) in [7, 11) is 0. The molecule has 1 aliphatic rings. The van der Waals surface area contributed by atoms with E-state index in [2.05, 4.69) is 15.5 Å². The lowest BCUT2D eigenvalue weighted by molar-refractivity contribution is -0.115. The third kappa shape index (κ3) is 3.78. The molecule has 28 heavy (non-hydrogen) atoms. The van der Waals surface area contributed by atoms with E-state index >= 15 is 0 Å². The van der Waals surface area contributed by atoms with Crippen molar-refractivity contribution in [2.24, 2.45) is 0 Å². The average Bonchev–Trinajstić information content (AvgIpc) is 3.11. The van der Waals surface area contributed by atoms with Gasteiger partial charge >= 0.3 is 0 Å². The minimum Gasteiger partial charge on any atom is -0.340 e. The molecule has 0 radical (unpaired) electrons. The Hall–Kier alpha value is -3.48. The first-order valence-corrected chi connectivity index (χ1v) is 9.19. The van der Waals surface area contributed by atoms with Crippen LogP contribution in [-0.4, -0.2) is 28.5 Å². The first kappa shape index (κ1) is 17.9. The number of benzene rings is 2. The lowest BCUT2D eigenvalue weighted by Crippen LogP contribution is -2.35. The fourth-order valence-electron chi connectivity index (χ4n) is 3.38. The maximum atomic E-state index is 12.9. The zero-order chi connectivity index (χ0) is 19.5. The number of amides is 2. The predicted molar refractivity (Wildman–Crippen MR) is 104 cm³/mol. The molecule has 0 bridgehead atoms. The van der Waals surface area contributed by atoms with Gasteiger partial charge < -0.3 is 14.7 Å². The highest BCUT2D eigenvalue weighted by atomic mass is 16.5. The van der Waals surface area contributed by atoms with Gasteiger partial charge in [-0.25, -0.2) is 0 Å². The second-order valence-corrected chi connectivity index (χ2v) is 6.72.